The molecule has 0 spiro atoms. The van der Waals surface area contributed by atoms with E-state index >= 15 is 0 Å². The van der Waals surface area contributed by atoms with Crippen LogP contribution >= 0.6 is 0 Å². The molecule has 0 amide bonds. The van der Waals surface area contributed by atoms with Crippen LogP contribution in [0.2, 0.25) is 0 Å². The zero-order valence-electron chi connectivity index (χ0n) is 10.6. The summed E-state index contributed by atoms with van der Waals surface area (Å²) in [4.78, 5) is 12.0. The van der Waals surface area contributed by atoms with Gasteiger partial charge in [-0.05, 0) is 18.9 Å². The average molecular weight is 216 g/mol. The summed E-state index contributed by atoms with van der Waals surface area (Å²) in [6.07, 6.45) is 0.939. The van der Waals surface area contributed by atoms with Gasteiger partial charge in [-0.15, -0.1) is 0 Å². The molecule has 1 aromatic rings. The molecule has 1 heteroatoms. The van der Waals surface area contributed by atoms with E-state index in [1.807, 2.05) is 0 Å². The third-order valence-corrected chi connectivity index (χ3v) is 4.33. The Labute approximate surface area is 97.9 Å². The van der Waals surface area contributed by atoms with Gasteiger partial charge < -0.3 is 0 Å². The van der Waals surface area contributed by atoms with Crippen molar-refractivity contribution in [3.05, 3.63) is 35.4 Å². The fourth-order valence-corrected chi connectivity index (χ4v) is 3.10. The summed E-state index contributed by atoms with van der Waals surface area (Å²) < 4.78 is 0. The van der Waals surface area contributed by atoms with Crippen molar-refractivity contribution < 1.29 is 4.79 Å². The van der Waals surface area contributed by atoms with Crippen molar-refractivity contribution in [3.8, 4) is 0 Å². The number of benzene rings is 1. The minimum absolute atomic E-state index is 0.130. The quantitative estimate of drug-likeness (QED) is 0.736. The van der Waals surface area contributed by atoms with Gasteiger partial charge in [-0.1, -0.05) is 50.6 Å². The Morgan fingerprint density at radius 1 is 1.25 bits per heavy atom. The summed E-state index contributed by atoms with van der Waals surface area (Å²) in [7, 11) is 0. The number of carbonyl (C=O) groups is 1. The highest BCUT2D eigenvalue weighted by molar-refractivity contribution is 5.95. The van der Waals surface area contributed by atoms with Crippen LogP contribution in [0.4, 0.5) is 0 Å². The molecule has 1 aliphatic rings. The fourth-order valence-electron chi connectivity index (χ4n) is 3.10. The number of aryl methyl sites for hydroxylation is 1. The summed E-state index contributed by atoms with van der Waals surface area (Å²) in [5.74, 6) is 1.03. The van der Waals surface area contributed by atoms with Crippen molar-refractivity contribution in [1.29, 1.82) is 0 Å². The Kier molecular flexibility index (Phi) is 2.65. The molecule has 1 fully saturated rings. The minimum Gasteiger partial charge on any atom is -0.299 e. The van der Waals surface area contributed by atoms with E-state index in [1.165, 1.54) is 11.1 Å². The summed E-state index contributed by atoms with van der Waals surface area (Å²) in [5.41, 5.74) is 2.47. The van der Waals surface area contributed by atoms with Crippen LogP contribution in [0, 0.1) is 18.3 Å². The molecule has 3 unspecified atom stereocenters. The van der Waals surface area contributed by atoms with E-state index in [9.17, 15) is 4.79 Å². The number of rotatable bonds is 2. The highest BCUT2D eigenvalue weighted by Gasteiger charge is 2.55. The Hall–Kier alpha value is -1.11. The van der Waals surface area contributed by atoms with Crippen LogP contribution in [0.25, 0.3) is 0 Å². The lowest BCUT2D eigenvalue weighted by atomic mass is 9.51. The van der Waals surface area contributed by atoms with Crippen LogP contribution in [0.15, 0.2) is 24.3 Å². The van der Waals surface area contributed by atoms with Crippen LogP contribution in [0.3, 0.4) is 0 Å². The van der Waals surface area contributed by atoms with E-state index in [-0.39, 0.29) is 11.3 Å². The third-order valence-electron chi connectivity index (χ3n) is 4.33. The Bertz CT molecular complexity index is 404. The van der Waals surface area contributed by atoms with Crippen molar-refractivity contribution in [2.45, 2.75) is 40.0 Å². The van der Waals surface area contributed by atoms with Gasteiger partial charge in [-0.2, -0.15) is 0 Å². The van der Waals surface area contributed by atoms with Gasteiger partial charge >= 0.3 is 0 Å². The first kappa shape index (κ1) is 11.4. The zero-order chi connectivity index (χ0) is 11.9. The molecular weight excluding hydrogens is 196 g/mol. The van der Waals surface area contributed by atoms with E-state index in [1.54, 1.807) is 0 Å². The molecule has 0 heterocycles. The van der Waals surface area contributed by atoms with Crippen LogP contribution in [0.1, 0.15) is 44.2 Å². The van der Waals surface area contributed by atoms with Crippen molar-refractivity contribution in [3.63, 3.8) is 0 Å². The Morgan fingerprint density at radius 3 is 2.31 bits per heavy atom. The van der Waals surface area contributed by atoms with Gasteiger partial charge in [0.2, 0.25) is 0 Å². The molecule has 16 heavy (non-hydrogen) atoms. The smallest absolute Gasteiger partial charge is 0.142 e. The van der Waals surface area contributed by atoms with Crippen LogP contribution in [-0.2, 0) is 4.79 Å². The first-order valence-electron chi connectivity index (χ1n) is 6.11. The number of Topliss-reactive ketones (excluding diaryl/α,β-unsaturated/α-hetero) is 1. The van der Waals surface area contributed by atoms with Gasteiger partial charge in [-0.3, -0.25) is 4.79 Å². The molecule has 2 rings (SSSR count). The summed E-state index contributed by atoms with van der Waals surface area (Å²) in [6.45, 7) is 8.38. The van der Waals surface area contributed by atoms with Gasteiger partial charge in [0, 0.05) is 17.3 Å². The molecule has 1 saturated carbocycles. The average Bonchev–Trinajstić information content (AvgIpc) is 2.31. The first-order chi connectivity index (χ1) is 7.50. The second kappa shape index (κ2) is 3.73. The van der Waals surface area contributed by atoms with Crippen LogP contribution < -0.4 is 0 Å². The molecule has 0 saturated heterocycles. The third kappa shape index (κ3) is 1.41. The molecule has 1 nitrogen and oxygen atoms in total. The molecule has 0 bridgehead atoms. The van der Waals surface area contributed by atoms with Gasteiger partial charge in [-0.25, -0.2) is 0 Å². The summed E-state index contributed by atoms with van der Waals surface area (Å²) in [5, 5.41) is 0. The summed E-state index contributed by atoms with van der Waals surface area (Å²) >= 11 is 0. The van der Waals surface area contributed by atoms with Crippen molar-refractivity contribution in [1.82, 2.24) is 0 Å². The molecule has 1 aromatic carbocycles. The van der Waals surface area contributed by atoms with Gasteiger partial charge in [0.25, 0.3) is 0 Å². The maximum Gasteiger partial charge on any atom is 0.142 e. The van der Waals surface area contributed by atoms with Crippen LogP contribution in [0.5, 0.6) is 0 Å². The maximum absolute atomic E-state index is 12.0. The van der Waals surface area contributed by atoms with E-state index < -0.39 is 0 Å². The second-order valence-electron chi connectivity index (χ2n) is 5.31. The monoisotopic (exact) mass is 216 g/mol. The standard InChI is InChI=1S/C15H20O/c1-5-15(4)13(11(3)14(15)16)12-8-6-10(2)7-9-12/h6-9,11,13H,5H2,1-4H3. The predicted octanol–water partition coefficient (Wildman–Crippen LogP) is 3.71. The number of carbonyl (C=O) groups excluding carboxylic acids is 1. The predicted molar refractivity (Wildman–Crippen MR) is 66.5 cm³/mol. The van der Waals surface area contributed by atoms with Gasteiger partial charge in [0.1, 0.15) is 5.78 Å². The van der Waals surface area contributed by atoms with Crippen molar-refractivity contribution in [2.75, 3.05) is 0 Å². The van der Waals surface area contributed by atoms with Gasteiger partial charge in [0.15, 0.2) is 0 Å². The lowest BCUT2D eigenvalue weighted by molar-refractivity contribution is -0.147. The minimum atomic E-state index is -0.130. The Balaban J connectivity index is 2.34. The van der Waals surface area contributed by atoms with Crippen molar-refractivity contribution in [2.24, 2.45) is 11.3 Å². The van der Waals surface area contributed by atoms with E-state index in [2.05, 4.69) is 52.0 Å². The topological polar surface area (TPSA) is 17.1 Å². The van der Waals surface area contributed by atoms with Crippen molar-refractivity contribution >= 4 is 5.78 Å². The highest BCUT2D eigenvalue weighted by atomic mass is 16.1. The molecule has 86 valence electrons. The lowest BCUT2D eigenvalue weighted by Gasteiger charge is -2.50. The molecule has 0 radical (unpaired) electrons. The highest BCUT2D eigenvalue weighted by Crippen LogP contribution is 2.55. The van der Waals surface area contributed by atoms with E-state index in [0.717, 1.165) is 6.42 Å². The molecule has 0 aromatic heterocycles. The molecule has 1 aliphatic carbocycles. The lowest BCUT2D eigenvalue weighted by Crippen LogP contribution is -2.52. The van der Waals surface area contributed by atoms with Gasteiger partial charge in [0.05, 0.1) is 0 Å². The zero-order valence-corrected chi connectivity index (χ0v) is 10.6. The SMILES string of the molecule is CCC1(C)C(=O)C(C)C1c1ccc(C)cc1. The van der Waals surface area contributed by atoms with Crippen LogP contribution in [-0.4, -0.2) is 5.78 Å². The molecule has 0 aliphatic heterocycles. The van der Waals surface area contributed by atoms with E-state index in [4.69, 9.17) is 0 Å². The van der Waals surface area contributed by atoms with E-state index in [0.29, 0.717) is 11.7 Å². The number of hydrogen-bond donors (Lipinski definition) is 0. The normalized spacial score (nSPS) is 33.6. The summed E-state index contributed by atoms with van der Waals surface area (Å²) in [6, 6.07) is 8.63. The molecule has 3 atom stereocenters. The number of ketones is 1. The first-order valence-corrected chi connectivity index (χ1v) is 6.11. The second-order valence-corrected chi connectivity index (χ2v) is 5.31. The maximum atomic E-state index is 12.0. The fraction of sp³-hybridized carbons (Fsp3) is 0.533. The number of hydrogen-bond acceptors (Lipinski definition) is 1. The Morgan fingerprint density at radius 2 is 1.81 bits per heavy atom. The molecular formula is C15H20O. The largest absolute Gasteiger partial charge is 0.299 e. The molecule has 0 N–H and O–H groups in total.